The van der Waals surface area contributed by atoms with Gasteiger partial charge in [0.15, 0.2) is 10.1 Å². The van der Waals surface area contributed by atoms with Gasteiger partial charge in [0.2, 0.25) is 11.0 Å². The number of nitrogens with two attached hydrogens (primary N) is 1. The second kappa shape index (κ2) is 11.8. The Morgan fingerprint density at radius 1 is 1.20 bits per heavy atom. The number of ether oxygens (including phenoxy) is 2. The summed E-state index contributed by atoms with van der Waals surface area (Å²) in [7, 11) is 3.07. The molecule has 0 saturated heterocycles. The number of anilines is 2. The van der Waals surface area contributed by atoms with Crippen molar-refractivity contribution >= 4 is 45.6 Å². The number of allylic oxidation sites excluding steroid dienone is 3. The van der Waals surface area contributed by atoms with Gasteiger partial charge in [-0.25, -0.2) is 0 Å². The fourth-order valence-corrected chi connectivity index (χ4v) is 6.54. The van der Waals surface area contributed by atoms with E-state index in [1.54, 1.807) is 30.2 Å². The largest absolute Gasteiger partial charge is 0.497 e. The maximum absolute atomic E-state index is 13.2. The number of hydrogen-bond donors (Lipinski definition) is 2. The highest BCUT2D eigenvalue weighted by molar-refractivity contribution is 8.01. The van der Waals surface area contributed by atoms with E-state index in [4.69, 9.17) is 15.2 Å². The summed E-state index contributed by atoms with van der Waals surface area (Å²) in [6.07, 6.45) is 1.72. The highest BCUT2D eigenvalue weighted by Crippen LogP contribution is 2.47. The van der Waals surface area contributed by atoms with Crippen LogP contribution in [-0.4, -0.2) is 41.9 Å². The summed E-state index contributed by atoms with van der Waals surface area (Å²) in [5.74, 6) is 0.635. The third-order valence-corrected chi connectivity index (χ3v) is 8.68. The summed E-state index contributed by atoms with van der Waals surface area (Å²) in [5.41, 5.74) is 9.57. The molecule has 0 bridgehead atoms. The Balaban J connectivity index is 1.39. The van der Waals surface area contributed by atoms with Gasteiger partial charge < -0.3 is 20.5 Å². The van der Waals surface area contributed by atoms with Crippen molar-refractivity contribution in [2.45, 2.75) is 29.5 Å². The maximum atomic E-state index is 13.2. The van der Waals surface area contributed by atoms with Crippen molar-refractivity contribution in [3.05, 3.63) is 76.8 Å². The molecule has 3 aromatic rings. The Hall–Kier alpha value is -4.34. The number of thioether (sulfide) groups is 1. The summed E-state index contributed by atoms with van der Waals surface area (Å²) in [5, 5.41) is 22.0. The molecule has 2 aliphatic rings. The summed E-state index contributed by atoms with van der Waals surface area (Å²) < 4.78 is 11.1. The van der Waals surface area contributed by atoms with Gasteiger partial charge in [0.25, 0.3) is 0 Å². The first-order chi connectivity index (χ1) is 19.4. The van der Waals surface area contributed by atoms with Gasteiger partial charge in [-0.05, 0) is 30.5 Å². The van der Waals surface area contributed by atoms with Crippen LogP contribution in [0.25, 0.3) is 0 Å². The van der Waals surface area contributed by atoms with Crippen LogP contribution in [0, 0.1) is 11.3 Å². The van der Waals surface area contributed by atoms with Gasteiger partial charge in [-0.1, -0.05) is 53.4 Å². The molecule has 0 radical (unpaired) electrons. The molecule has 1 amide bonds. The summed E-state index contributed by atoms with van der Waals surface area (Å²) >= 11 is 2.47. The molecule has 1 aliphatic heterocycles. The van der Waals surface area contributed by atoms with Gasteiger partial charge in [-0.2, -0.15) is 5.26 Å². The number of ketones is 1. The van der Waals surface area contributed by atoms with Gasteiger partial charge in [-0.15, -0.1) is 10.2 Å². The number of Topliss-reactive ketones (excluding diaryl/α,β-unsaturated/α-hetero) is 1. The normalized spacial score (nSPS) is 16.9. The van der Waals surface area contributed by atoms with Gasteiger partial charge in [0.1, 0.15) is 17.3 Å². The van der Waals surface area contributed by atoms with E-state index >= 15 is 0 Å². The van der Waals surface area contributed by atoms with Crippen molar-refractivity contribution in [1.82, 2.24) is 10.2 Å². The number of nitriles is 1. The number of hydrogen-bond acceptors (Lipinski definition) is 11. The maximum Gasteiger partial charge on any atom is 0.234 e. The number of amides is 1. The highest BCUT2D eigenvalue weighted by Gasteiger charge is 2.41. The Morgan fingerprint density at radius 2 is 2.00 bits per heavy atom. The SMILES string of the molecule is COc1ccc(OC)c(NC(=O)CSc2nnc(N3C(N)=C(C#N)C(c4ccccc4)C4=C3CCCC4=O)s2)c1. The van der Waals surface area contributed by atoms with E-state index in [-0.39, 0.29) is 23.3 Å². The van der Waals surface area contributed by atoms with Crippen molar-refractivity contribution in [1.29, 1.82) is 5.26 Å². The molecule has 0 saturated carbocycles. The number of methoxy groups -OCH3 is 2. The molecule has 2 heterocycles. The molecular formula is C28H26N6O4S2. The molecule has 10 nitrogen and oxygen atoms in total. The van der Waals surface area contributed by atoms with Crippen LogP contribution in [0.3, 0.4) is 0 Å². The minimum Gasteiger partial charge on any atom is -0.497 e. The third kappa shape index (κ3) is 5.25. The Labute approximate surface area is 239 Å². The number of nitrogens with one attached hydrogen (secondary N) is 1. The van der Waals surface area contributed by atoms with Crippen LogP contribution in [0.1, 0.15) is 30.7 Å². The fourth-order valence-electron chi connectivity index (χ4n) is 4.86. The zero-order valence-corrected chi connectivity index (χ0v) is 23.5. The average molecular weight is 575 g/mol. The van der Waals surface area contributed by atoms with Crippen LogP contribution in [0.2, 0.25) is 0 Å². The molecule has 1 atom stereocenters. The third-order valence-electron chi connectivity index (χ3n) is 6.64. The Bertz CT molecular complexity index is 1560. The number of benzene rings is 2. The second-order valence-electron chi connectivity index (χ2n) is 8.98. The van der Waals surface area contributed by atoms with Gasteiger partial charge in [0, 0.05) is 23.8 Å². The first-order valence-corrected chi connectivity index (χ1v) is 14.2. The van der Waals surface area contributed by atoms with Crippen molar-refractivity contribution in [3.63, 3.8) is 0 Å². The van der Waals surface area contributed by atoms with Crippen LogP contribution in [0.4, 0.5) is 10.8 Å². The quantitative estimate of drug-likeness (QED) is 0.367. The molecule has 1 unspecified atom stereocenters. The smallest absolute Gasteiger partial charge is 0.234 e. The molecule has 0 fully saturated rings. The van der Waals surface area contributed by atoms with Crippen molar-refractivity contribution < 1.29 is 19.1 Å². The van der Waals surface area contributed by atoms with Gasteiger partial charge >= 0.3 is 0 Å². The lowest BCUT2D eigenvalue weighted by Gasteiger charge is -2.38. The van der Waals surface area contributed by atoms with E-state index < -0.39 is 5.92 Å². The number of carbonyl (C=O) groups is 2. The fraction of sp³-hybridized carbons (Fsp3) is 0.250. The lowest BCUT2D eigenvalue weighted by atomic mass is 9.76. The highest BCUT2D eigenvalue weighted by atomic mass is 32.2. The zero-order chi connectivity index (χ0) is 28.2. The minimum atomic E-state index is -0.524. The topological polar surface area (TPSA) is 143 Å². The van der Waals surface area contributed by atoms with Crippen molar-refractivity contribution in [2.24, 2.45) is 5.73 Å². The predicted octanol–water partition coefficient (Wildman–Crippen LogP) is 4.59. The molecule has 2 aromatic carbocycles. The van der Waals surface area contributed by atoms with Crippen LogP contribution in [0.5, 0.6) is 11.5 Å². The number of aromatic nitrogens is 2. The van der Waals surface area contributed by atoms with E-state index in [0.717, 1.165) is 11.3 Å². The van der Waals surface area contributed by atoms with Crippen molar-refractivity contribution in [3.8, 4) is 17.6 Å². The molecule has 0 spiro atoms. The van der Waals surface area contributed by atoms with Crippen LogP contribution < -0.4 is 25.4 Å². The minimum absolute atomic E-state index is 0.00380. The number of carbonyl (C=O) groups excluding carboxylic acids is 2. The molecule has 1 aromatic heterocycles. The average Bonchev–Trinajstić information content (AvgIpc) is 3.44. The lowest BCUT2D eigenvalue weighted by Crippen LogP contribution is -2.38. The molecule has 40 heavy (non-hydrogen) atoms. The standard InChI is InChI=1S/C28H26N6O4S2/c1-37-17-11-12-22(38-2)19(13-17)31-23(36)15-39-28-33-32-27(40-28)34-20-9-6-10-21(35)25(20)24(18(14-29)26(34)30)16-7-4-3-5-8-16/h3-5,7-8,11-13,24H,6,9-10,15,30H2,1-2H3,(H,31,36). The van der Waals surface area contributed by atoms with E-state index in [0.29, 0.717) is 57.1 Å². The first kappa shape index (κ1) is 27.2. The molecule has 1 aliphatic carbocycles. The van der Waals surface area contributed by atoms with E-state index in [1.807, 2.05) is 30.3 Å². The molecule has 204 valence electrons. The van der Waals surface area contributed by atoms with E-state index in [9.17, 15) is 14.9 Å². The predicted molar refractivity (Wildman–Crippen MR) is 153 cm³/mol. The van der Waals surface area contributed by atoms with Crippen LogP contribution in [0.15, 0.2) is 75.5 Å². The number of rotatable bonds is 8. The summed E-state index contributed by atoms with van der Waals surface area (Å²) in [4.78, 5) is 27.6. The van der Waals surface area contributed by atoms with Gasteiger partial charge in [-0.3, -0.25) is 14.5 Å². The molecular weight excluding hydrogens is 548 g/mol. The lowest BCUT2D eigenvalue weighted by molar-refractivity contribution is -0.116. The van der Waals surface area contributed by atoms with Crippen LogP contribution in [-0.2, 0) is 9.59 Å². The monoisotopic (exact) mass is 574 g/mol. The van der Waals surface area contributed by atoms with Gasteiger partial charge in [0.05, 0.1) is 43.2 Å². The Morgan fingerprint density at radius 3 is 2.73 bits per heavy atom. The first-order valence-electron chi connectivity index (χ1n) is 12.4. The molecule has 3 N–H and O–H groups in total. The number of nitrogens with zero attached hydrogens (tertiary/aromatic N) is 4. The molecule has 5 rings (SSSR count). The summed E-state index contributed by atoms with van der Waals surface area (Å²) in [6.45, 7) is 0. The second-order valence-corrected chi connectivity index (χ2v) is 11.2. The molecule has 12 heteroatoms. The zero-order valence-electron chi connectivity index (χ0n) is 21.8. The Kier molecular flexibility index (Phi) is 8.04. The van der Waals surface area contributed by atoms with E-state index in [2.05, 4.69) is 21.6 Å². The van der Waals surface area contributed by atoms with Crippen LogP contribution >= 0.6 is 23.1 Å². The van der Waals surface area contributed by atoms with E-state index in [1.165, 1.54) is 30.2 Å². The summed E-state index contributed by atoms with van der Waals surface area (Å²) in [6, 6.07) is 16.9. The van der Waals surface area contributed by atoms with Crippen molar-refractivity contribution in [2.75, 3.05) is 30.2 Å².